The van der Waals surface area contributed by atoms with Gasteiger partial charge < -0.3 is 19.8 Å². The van der Waals surface area contributed by atoms with Gasteiger partial charge in [0.2, 0.25) is 0 Å². The Bertz CT molecular complexity index is 754. The minimum absolute atomic E-state index is 0.160. The summed E-state index contributed by atoms with van der Waals surface area (Å²) in [6, 6.07) is 6.28. The van der Waals surface area contributed by atoms with Gasteiger partial charge in [-0.3, -0.25) is 0 Å². The summed E-state index contributed by atoms with van der Waals surface area (Å²) in [6.07, 6.45) is 5.45. The third-order valence-electron chi connectivity index (χ3n) is 5.76. The monoisotopic (exact) mass is 328 g/mol. The Hall–Kier alpha value is -2.17. The SMILES string of the molecule is CCOC(=O)N[C@@H]1[C@H]2CC[C@H](C2)[C@H]1c1c[nH]c2ccc(OC)cc12. The van der Waals surface area contributed by atoms with Gasteiger partial charge in [0, 0.05) is 29.1 Å². The minimum atomic E-state index is -0.294. The number of aromatic nitrogens is 1. The summed E-state index contributed by atoms with van der Waals surface area (Å²) in [4.78, 5) is 15.4. The first-order valence-electron chi connectivity index (χ1n) is 8.79. The Morgan fingerprint density at radius 2 is 2.17 bits per heavy atom. The lowest BCUT2D eigenvalue weighted by molar-refractivity contribution is 0.141. The Morgan fingerprint density at radius 3 is 2.96 bits per heavy atom. The van der Waals surface area contributed by atoms with Crippen LogP contribution >= 0.6 is 0 Å². The molecular formula is C19H24N2O3. The number of aromatic amines is 1. The Kier molecular flexibility index (Phi) is 3.87. The van der Waals surface area contributed by atoms with E-state index in [2.05, 4.69) is 28.6 Å². The van der Waals surface area contributed by atoms with Crippen molar-refractivity contribution in [3.63, 3.8) is 0 Å². The molecule has 1 amide bonds. The standard InChI is InChI=1S/C19H24N2O3/c1-3-24-19(22)21-18-12-5-4-11(8-12)17(18)15-10-20-16-7-6-13(23-2)9-14(15)16/h6-7,9-12,17-18,20H,3-5,8H2,1-2H3,(H,21,22)/t11-,12+,17+,18-/m1/s1. The number of fused-ring (bicyclic) bond motifs is 3. The molecule has 2 aliphatic carbocycles. The number of H-pyrrole nitrogens is 1. The van der Waals surface area contributed by atoms with Crippen molar-refractivity contribution in [2.45, 2.75) is 38.1 Å². The van der Waals surface area contributed by atoms with Gasteiger partial charge in [0.25, 0.3) is 0 Å². The number of nitrogens with one attached hydrogen (secondary N) is 2. The second-order valence-corrected chi connectivity index (χ2v) is 6.91. The summed E-state index contributed by atoms with van der Waals surface area (Å²) in [6.45, 7) is 2.24. The van der Waals surface area contributed by atoms with Crippen molar-refractivity contribution in [1.82, 2.24) is 10.3 Å². The van der Waals surface area contributed by atoms with E-state index in [0.29, 0.717) is 24.4 Å². The van der Waals surface area contributed by atoms with Gasteiger partial charge in [-0.25, -0.2) is 4.79 Å². The molecular weight excluding hydrogens is 304 g/mol. The molecule has 2 fully saturated rings. The van der Waals surface area contributed by atoms with Crippen LogP contribution in [0.1, 0.15) is 37.7 Å². The second kappa shape index (κ2) is 6.04. The van der Waals surface area contributed by atoms with Crippen LogP contribution in [0, 0.1) is 11.8 Å². The van der Waals surface area contributed by atoms with Gasteiger partial charge >= 0.3 is 6.09 Å². The van der Waals surface area contributed by atoms with Gasteiger partial charge in [-0.1, -0.05) is 0 Å². The van der Waals surface area contributed by atoms with Gasteiger partial charge in [0.05, 0.1) is 13.7 Å². The lowest BCUT2D eigenvalue weighted by atomic mass is 9.79. The number of hydrogen-bond donors (Lipinski definition) is 2. The Labute approximate surface area is 141 Å². The highest BCUT2D eigenvalue weighted by Gasteiger charge is 2.49. The molecule has 5 nitrogen and oxygen atoms in total. The molecule has 24 heavy (non-hydrogen) atoms. The molecule has 2 aliphatic rings. The first-order chi connectivity index (χ1) is 11.7. The molecule has 1 heterocycles. The van der Waals surface area contributed by atoms with E-state index in [0.717, 1.165) is 11.3 Å². The van der Waals surface area contributed by atoms with Crippen LogP contribution in [0.15, 0.2) is 24.4 Å². The first-order valence-corrected chi connectivity index (χ1v) is 8.79. The number of benzene rings is 1. The summed E-state index contributed by atoms with van der Waals surface area (Å²) in [5, 5.41) is 4.33. The van der Waals surface area contributed by atoms with Crippen LogP contribution in [0.3, 0.4) is 0 Å². The summed E-state index contributed by atoms with van der Waals surface area (Å²) < 4.78 is 10.5. The largest absolute Gasteiger partial charge is 0.497 e. The zero-order valence-electron chi connectivity index (χ0n) is 14.2. The van der Waals surface area contributed by atoms with Crippen molar-refractivity contribution < 1.29 is 14.3 Å². The lowest BCUT2D eigenvalue weighted by Crippen LogP contribution is -2.43. The highest BCUT2D eigenvalue weighted by atomic mass is 16.5. The summed E-state index contributed by atoms with van der Waals surface area (Å²) in [5.74, 6) is 2.39. The van der Waals surface area contributed by atoms with Crippen LogP contribution in [-0.4, -0.2) is 30.8 Å². The maximum absolute atomic E-state index is 12.0. The molecule has 2 aromatic rings. The van der Waals surface area contributed by atoms with Crippen molar-refractivity contribution >= 4 is 17.0 Å². The van der Waals surface area contributed by atoms with Gasteiger partial charge in [-0.05, 0) is 61.8 Å². The number of methoxy groups -OCH3 is 1. The smallest absolute Gasteiger partial charge is 0.407 e. The topological polar surface area (TPSA) is 63.3 Å². The fourth-order valence-electron chi connectivity index (χ4n) is 4.78. The van der Waals surface area contributed by atoms with E-state index >= 15 is 0 Å². The molecule has 2 saturated carbocycles. The number of ether oxygens (including phenoxy) is 2. The molecule has 2 N–H and O–H groups in total. The highest BCUT2D eigenvalue weighted by molar-refractivity contribution is 5.85. The van der Waals surface area contributed by atoms with E-state index in [9.17, 15) is 4.79 Å². The lowest BCUT2D eigenvalue weighted by Gasteiger charge is -2.31. The molecule has 4 rings (SSSR count). The molecule has 5 heteroatoms. The van der Waals surface area contributed by atoms with Crippen molar-refractivity contribution in [1.29, 1.82) is 0 Å². The highest BCUT2D eigenvalue weighted by Crippen LogP contribution is 2.54. The van der Waals surface area contributed by atoms with Crippen molar-refractivity contribution in [3.8, 4) is 5.75 Å². The van der Waals surface area contributed by atoms with E-state index in [1.165, 1.54) is 30.2 Å². The summed E-state index contributed by atoms with van der Waals surface area (Å²) in [7, 11) is 1.69. The maximum atomic E-state index is 12.0. The van der Waals surface area contributed by atoms with Gasteiger partial charge in [-0.2, -0.15) is 0 Å². The number of alkyl carbamates (subject to hydrolysis) is 1. The van der Waals surface area contributed by atoms with Crippen molar-refractivity contribution in [2.75, 3.05) is 13.7 Å². The van der Waals surface area contributed by atoms with Crippen LogP contribution < -0.4 is 10.1 Å². The molecule has 128 valence electrons. The molecule has 2 bridgehead atoms. The predicted octanol–water partition coefficient (Wildman–Crippen LogP) is 3.80. The summed E-state index contributed by atoms with van der Waals surface area (Å²) >= 11 is 0. The predicted molar refractivity (Wildman–Crippen MR) is 92.4 cm³/mol. The zero-order chi connectivity index (χ0) is 16.7. The van der Waals surface area contributed by atoms with E-state index < -0.39 is 0 Å². The molecule has 4 atom stereocenters. The van der Waals surface area contributed by atoms with Crippen LogP contribution in [-0.2, 0) is 4.74 Å². The maximum Gasteiger partial charge on any atom is 0.407 e. The van der Waals surface area contributed by atoms with Crippen LogP contribution in [0.5, 0.6) is 5.75 Å². The molecule has 0 aliphatic heterocycles. The number of carbonyl (C=O) groups excluding carboxylic acids is 1. The molecule has 1 aromatic carbocycles. The molecule has 1 aromatic heterocycles. The molecule has 0 unspecified atom stereocenters. The Balaban J connectivity index is 1.69. The van der Waals surface area contributed by atoms with E-state index in [-0.39, 0.29) is 12.1 Å². The normalized spacial score (nSPS) is 28.2. The second-order valence-electron chi connectivity index (χ2n) is 6.91. The van der Waals surface area contributed by atoms with Gasteiger partial charge in [0.1, 0.15) is 5.75 Å². The average molecular weight is 328 g/mol. The van der Waals surface area contributed by atoms with E-state index in [4.69, 9.17) is 9.47 Å². The van der Waals surface area contributed by atoms with Crippen LogP contribution in [0.2, 0.25) is 0 Å². The quantitative estimate of drug-likeness (QED) is 0.897. The van der Waals surface area contributed by atoms with Crippen LogP contribution in [0.25, 0.3) is 10.9 Å². The molecule has 0 saturated heterocycles. The fraction of sp³-hybridized carbons (Fsp3) is 0.526. The average Bonchev–Trinajstić information content (AvgIpc) is 3.28. The zero-order valence-corrected chi connectivity index (χ0v) is 14.2. The van der Waals surface area contributed by atoms with Crippen molar-refractivity contribution in [3.05, 3.63) is 30.0 Å². The third kappa shape index (κ3) is 2.43. The van der Waals surface area contributed by atoms with Crippen molar-refractivity contribution in [2.24, 2.45) is 11.8 Å². The number of rotatable bonds is 4. The number of hydrogen-bond acceptors (Lipinski definition) is 3. The third-order valence-corrected chi connectivity index (χ3v) is 5.76. The van der Waals surface area contributed by atoms with E-state index in [1.54, 1.807) is 7.11 Å². The van der Waals surface area contributed by atoms with Gasteiger partial charge in [0.15, 0.2) is 0 Å². The first kappa shape index (κ1) is 15.4. The Morgan fingerprint density at radius 1 is 1.33 bits per heavy atom. The number of amides is 1. The fourth-order valence-corrected chi connectivity index (χ4v) is 4.78. The number of carbonyl (C=O) groups is 1. The minimum Gasteiger partial charge on any atom is -0.497 e. The van der Waals surface area contributed by atoms with Crippen LogP contribution in [0.4, 0.5) is 4.79 Å². The molecule has 0 spiro atoms. The molecule has 0 radical (unpaired) electrons. The van der Waals surface area contributed by atoms with E-state index in [1.807, 2.05) is 13.0 Å². The summed E-state index contributed by atoms with van der Waals surface area (Å²) in [5.41, 5.74) is 2.40. The van der Waals surface area contributed by atoms with Gasteiger partial charge in [-0.15, -0.1) is 0 Å².